The number of carbonyl (C=O) groups is 2. The molecule has 0 aliphatic heterocycles. The van der Waals surface area contributed by atoms with E-state index in [0.717, 1.165) is 9.36 Å². The molecule has 5 rings (SSSR count). The highest BCUT2D eigenvalue weighted by atomic mass is 35.5. The minimum Gasteiger partial charge on any atom is -0.301 e. The Labute approximate surface area is 243 Å². The number of hydrogen-bond donors (Lipinski definition) is 0. The van der Waals surface area contributed by atoms with E-state index in [-0.39, 0.29) is 46.0 Å². The quantitative estimate of drug-likeness (QED) is 0.114. The Kier molecular flexibility index (Phi) is 7.88. The van der Waals surface area contributed by atoms with Gasteiger partial charge in [-0.3, -0.25) is 4.79 Å². The Morgan fingerprint density at radius 3 is 2.02 bits per heavy atom. The first-order chi connectivity index (χ1) is 20.4. The zero-order chi connectivity index (χ0) is 30.9. The van der Waals surface area contributed by atoms with Gasteiger partial charge >= 0.3 is 12.4 Å². The summed E-state index contributed by atoms with van der Waals surface area (Å²) in [4.78, 5) is 25.4. The molecule has 0 bridgehead atoms. The molecule has 0 aliphatic carbocycles. The highest BCUT2D eigenvalue weighted by molar-refractivity contribution is 6.33. The fourth-order valence-electron chi connectivity index (χ4n) is 4.42. The van der Waals surface area contributed by atoms with E-state index in [4.69, 9.17) is 11.6 Å². The van der Waals surface area contributed by atoms with Crippen LogP contribution in [0.25, 0.3) is 22.5 Å². The Morgan fingerprint density at radius 1 is 0.814 bits per heavy atom. The van der Waals surface area contributed by atoms with Gasteiger partial charge in [-0.2, -0.15) is 26.3 Å². The molecule has 15 heteroatoms. The number of halogens is 7. The zero-order valence-corrected chi connectivity index (χ0v) is 22.3. The van der Waals surface area contributed by atoms with E-state index in [1.807, 2.05) is 0 Å². The molecule has 8 nitrogen and oxygen atoms in total. The summed E-state index contributed by atoms with van der Waals surface area (Å²) in [5, 5.41) is 16.1. The van der Waals surface area contributed by atoms with Crippen LogP contribution < -0.4 is 0 Å². The molecule has 0 saturated heterocycles. The second-order valence-corrected chi connectivity index (χ2v) is 9.58. The molecular formula is C28H17ClF6N6O2. The van der Waals surface area contributed by atoms with Crippen LogP contribution in [0.1, 0.15) is 32.9 Å². The molecule has 43 heavy (non-hydrogen) atoms. The van der Waals surface area contributed by atoms with Crippen LogP contribution in [0, 0.1) is 0 Å². The first-order valence-corrected chi connectivity index (χ1v) is 12.7. The van der Waals surface area contributed by atoms with Crippen LogP contribution in [0.3, 0.4) is 0 Å². The number of hydrogen-bond acceptors (Lipinski definition) is 6. The van der Waals surface area contributed by atoms with Gasteiger partial charge in [0.05, 0.1) is 29.2 Å². The third kappa shape index (κ3) is 6.04. The summed E-state index contributed by atoms with van der Waals surface area (Å²) >= 11 is 6.33. The van der Waals surface area contributed by atoms with Crippen LogP contribution in [0.2, 0.25) is 5.02 Å². The first kappa shape index (κ1) is 29.6. The Hall–Kier alpha value is -4.85. The van der Waals surface area contributed by atoms with Gasteiger partial charge in [0.25, 0.3) is 0 Å². The highest BCUT2D eigenvalue weighted by Crippen LogP contribution is 2.37. The summed E-state index contributed by atoms with van der Waals surface area (Å²) in [6, 6.07) is 15.6. The number of alkyl halides is 6. The molecule has 5 aromatic rings. The first-order valence-electron chi connectivity index (χ1n) is 12.3. The maximum Gasteiger partial charge on any atom is 0.416 e. The topological polar surface area (TPSA) is 95.6 Å². The summed E-state index contributed by atoms with van der Waals surface area (Å²) in [5.74, 6) is -0.813. The van der Waals surface area contributed by atoms with Gasteiger partial charge in [0.2, 0.25) is 5.78 Å². The van der Waals surface area contributed by atoms with Gasteiger partial charge in [-0.05, 0) is 29.8 Å². The lowest BCUT2D eigenvalue weighted by molar-refractivity contribution is -0.143. The number of benzene rings is 3. The molecule has 0 aliphatic rings. The molecule has 0 saturated carbocycles. The van der Waals surface area contributed by atoms with Crippen molar-refractivity contribution in [3.8, 4) is 22.5 Å². The van der Waals surface area contributed by atoms with Gasteiger partial charge in [-0.1, -0.05) is 70.6 Å². The van der Waals surface area contributed by atoms with Crippen LogP contribution in [-0.2, 0) is 30.2 Å². The van der Waals surface area contributed by atoms with E-state index in [9.17, 15) is 35.9 Å². The standard InChI is InChI=1S/C28H17ClF6N6O2/c29-21-9-5-4-8-20(21)22-25(40(10-11-42)38-36-22)26(43)23-24(17-6-2-1-3-7-17)41(39-37-23)15-16-12-18(27(30,31)32)14-19(13-16)28(33,34)35/h1-9,11-14H,10,15H2. The summed E-state index contributed by atoms with van der Waals surface area (Å²) < 4.78 is 83.0. The van der Waals surface area contributed by atoms with E-state index < -0.39 is 35.8 Å². The van der Waals surface area contributed by atoms with Crippen molar-refractivity contribution < 1.29 is 35.9 Å². The average Bonchev–Trinajstić information content (AvgIpc) is 3.57. The third-order valence-corrected chi connectivity index (χ3v) is 6.63. The Balaban J connectivity index is 1.67. The molecule has 3 aromatic carbocycles. The largest absolute Gasteiger partial charge is 0.416 e. The van der Waals surface area contributed by atoms with Gasteiger partial charge in [-0.15, -0.1) is 10.2 Å². The summed E-state index contributed by atoms with van der Waals surface area (Å²) in [5.41, 5.74) is -3.17. The summed E-state index contributed by atoms with van der Waals surface area (Å²) in [7, 11) is 0. The zero-order valence-electron chi connectivity index (χ0n) is 21.6. The van der Waals surface area contributed by atoms with Crippen molar-refractivity contribution in [1.82, 2.24) is 30.0 Å². The second-order valence-electron chi connectivity index (χ2n) is 9.17. The van der Waals surface area contributed by atoms with E-state index in [1.165, 1.54) is 0 Å². The molecule has 0 radical (unpaired) electrons. The highest BCUT2D eigenvalue weighted by Gasteiger charge is 2.37. The van der Waals surface area contributed by atoms with Gasteiger partial charge in [0, 0.05) is 11.1 Å². The van der Waals surface area contributed by atoms with E-state index in [1.54, 1.807) is 54.6 Å². The number of aldehydes is 1. The number of aromatic nitrogens is 6. The lowest BCUT2D eigenvalue weighted by Crippen LogP contribution is -2.15. The predicted octanol–water partition coefficient (Wildman–Crippen LogP) is 6.37. The Morgan fingerprint density at radius 2 is 1.42 bits per heavy atom. The van der Waals surface area contributed by atoms with Crippen LogP contribution in [0.15, 0.2) is 72.8 Å². The number of nitrogens with zero attached hydrogens (tertiary/aromatic N) is 6. The molecule has 2 aromatic heterocycles. The van der Waals surface area contributed by atoms with Crippen molar-refractivity contribution in [2.45, 2.75) is 25.4 Å². The van der Waals surface area contributed by atoms with Crippen LogP contribution in [0.5, 0.6) is 0 Å². The van der Waals surface area contributed by atoms with Crippen molar-refractivity contribution in [2.75, 3.05) is 0 Å². The molecule has 0 unspecified atom stereocenters. The van der Waals surface area contributed by atoms with Crippen molar-refractivity contribution >= 4 is 23.7 Å². The number of carbonyl (C=O) groups excluding carboxylic acids is 2. The van der Waals surface area contributed by atoms with Gasteiger partial charge in [0.15, 0.2) is 5.69 Å². The third-order valence-electron chi connectivity index (χ3n) is 6.30. The smallest absolute Gasteiger partial charge is 0.301 e. The molecule has 0 fully saturated rings. The van der Waals surface area contributed by atoms with Gasteiger partial charge in [0.1, 0.15) is 23.4 Å². The fraction of sp³-hybridized carbons (Fsp3) is 0.143. The van der Waals surface area contributed by atoms with Crippen LogP contribution in [0.4, 0.5) is 26.3 Å². The van der Waals surface area contributed by atoms with Crippen molar-refractivity contribution in [3.63, 3.8) is 0 Å². The molecule has 0 atom stereocenters. The van der Waals surface area contributed by atoms with Crippen molar-refractivity contribution in [3.05, 3.63) is 106 Å². The minimum atomic E-state index is -5.05. The Bertz CT molecular complexity index is 1780. The lowest BCUT2D eigenvalue weighted by Gasteiger charge is -2.15. The van der Waals surface area contributed by atoms with E-state index >= 15 is 0 Å². The minimum absolute atomic E-state index is 0.000493. The monoisotopic (exact) mass is 618 g/mol. The molecule has 220 valence electrons. The molecule has 0 amide bonds. The summed E-state index contributed by atoms with van der Waals surface area (Å²) in [6.07, 6.45) is -9.62. The molecule has 0 spiro atoms. The van der Waals surface area contributed by atoms with Gasteiger partial charge in [-0.25, -0.2) is 9.36 Å². The molecule has 0 N–H and O–H groups in total. The van der Waals surface area contributed by atoms with E-state index in [0.29, 0.717) is 29.5 Å². The number of ketones is 1. The normalized spacial score (nSPS) is 12.0. The van der Waals surface area contributed by atoms with Gasteiger partial charge < -0.3 is 4.79 Å². The molecule has 2 heterocycles. The average molecular weight is 619 g/mol. The maximum atomic E-state index is 14.1. The second kappa shape index (κ2) is 11.4. The van der Waals surface area contributed by atoms with Crippen LogP contribution >= 0.6 is 11.6 Å². The van der Waals surface area contributed by atoms with E-state index in [2.05, 4.69) is 20.6 Å². The maximum absolute atomic E-state index is 14.1. The SMILES string of the molecule is O=CCn1nnc(-c2ccccc2Cl)c1C(=O)c1nnn(Cc2cc(C(F)(F)F)cc(C(F)(F)F)c2)c1-c1ccccc1. The van der Waals surface area contributed by atoms with Crippen LogP contribution in [-0.4, -0.2) is 42.1 Å². The molecular weight excluding hydrogens is 602 g/mol. The van der Waals surface area contributed by atoms with Crippen molar-refractivity contribution in [2.24, 2.45) is 0 Å². The lowest BCUT2D eigenvalue weighted by atomic mass is 10.0. The summed E-state index contributed by atoms with van der Waals surface area (Å²) in [6.45, 7) is -0.960. The predicted molar refractivity (Wildman–Crippen MR) is 141 cm³/mol. The number of rotatable bonds is 8. The van der Waals surface area contributed by atoms with Crippen molar-refractivity contribution in [1.29, 1.82) is 0 Å². The fourth-order valence-corrected chi connectivity index (χ4v) is 4.65.